The zero-order chi connectivity index (χ0) is 14.8. The monoisotopic (exact) mass is 295 g/mol. The minimum atomic E-state index is -3.57. The van der Waals surface area contributed by atoms with Gasteiger partial charge in [0.25, 0.3) is 0 Å². The van der Waals surface area contributed by atoms with Crippen LogP contribution in [0.4, 0.5) is 0 Å². The number of amides is 1. The lowest BCUT2D eigenvalue weighted by Crippen LogP contribution is -2.43. The summed E-state index contributed by atoms with van der Waals surface area (Å²) in [7, 11) is -3.57. The summed E-state index contributed by atoms with van der Waals surface area (Å²) in [6.45, 7) is 3.64. The molecule has 1 amide bonds. The SMILES string of the molecule is CCC(CC)S(=O)(=O)NC(=O)C1(c2ccccc2)CC1. The summed E-state index contributed by atoms with van der Waals surface area (Å²) in [5.41, 5.74) is 0.262. The van der Waals surface area contributed by atoms with Crippen molar-refractivity contribution < 1.29 is 13.2 Å². The Labute approximate surface area is 120 Å². The Hall–Kier alpha value is -1.36. The number of rotatable bonds is 6. The lowest BCUT2D eigenvalue weighted by Gasteiger charge is -2.19. The van der Waals surface area contributed by atoms with E-state index in [2.05, 4.69) is 4.72 Å². The van der Waals surface area contributed by atoms with Crippen LogP contribution in [0.25, 0.3) is 0 Å². The van der Waals surface area contributed by atoms with Crippen LogP contribution in [0.15, 0.2) is 30.3 Å². The molecular formula is C15H21NO3S. The number of benzene rings is 1. The predicted octanol–water partition coefficient (Wildman–Crippen LogP) is 2.35. The fourth-order valence-electron chi connectivity index (χ4n) is 2.57. The van der Waals surface area contributed by atoms with Gasteiger partial charge in [0.2, 0.25) is 15.9 Å². The van der Waals surface area contributed by atoms with E-state index < -0.39 is 20.7 Å². The molecule has 0 radical (unpaired) electrons. The quantitative estimate of drug-likeness (QED) is 0.876. The minimum absolute atomic E-state index is 0.379. The van der Waals surface area contributed by atoms with Gasteiger partial charge in [-0.3, -0.25) is 9.52 Å². The smallest absolute Gasteiger partial charge is 0.244 e. The molecule has 0 saturated heterocycles. The van der Waals surface area contributed by atoms with Gasteiger partial charge < -0.3 is 0 Å². The van der Waals surface area contributed by atoms with Crippen molar-refractivity contribution in [3.63, 3.8) is 0 Å². The Balaban J connectivity index is 2.17. The number of carbonyl (C=O) groups is 1. The molecule has 0 heterocycles. The summed E-state index contributed by atoms with van der Waals surface area (Å²) in [6, 6.07) is 9.40. The van der Waals surface area contributed by atoms with Crippen molar-refractivity contribution in [1.29, 1.82) is 0 Å². The van der Waals surface area contributed by atoms with Crippen molar-refractivity contribution in [2.45, 2.75) is 50.2 Å². The average molecular weight is 295 g/mol. The molecule has 1 N–H and O–H groups in total. The van der Waals surface area contributed by atoms with Crippen LogP contribution in [-0.2, 0) is 20.2 Å². The van der Waals surface area contributed by atoms with Crippen molar-refractivity contribution in [3.8, 4) is 0 Å². The Morgan fingerprint density at radius 2 is 1.75 bits per heavy atom. The van der Waals surface area contributed by atoms with Crippen molar-refractivity contribution in [3.05, 3.63) is 35.9 Å². The molecule has 1 aromatic carbocycles. The normalized spacial score (nSPS) is 16.9. The highest BCUT2D eigenvalue weighted by molar-refractivity contribution is 7.90. The molecule has 1 aromatic rings. The summed E-state index contributed by atoms with van der Waals surface area (Å²) in [5, 5.41) is -0.502. The van der Waals surface area contributed by atoms with Crippen LogP contribution in [0.2, 0.25) is 0 Å². The van der Waals surface area contributed by atoms with Crippen molar-refractivity contribution in [2.24, 2.45) is 0 Å². The third kappa shape index (κ3) is 2.73. The molecule has 1 saturated carbocycles. The lowest BCUT2D eigenvalue weighted by atomic mass is 9.96. The zero-order valence-electron chi connectivity index (χ0n) is 11.9. The van der Waals surface area contributed by atoms with Crippen LogP contribution >= 0.6 is 0 Å². The van der Waals surface area contributed by atoms with Gasteiger partial charge in [0, 0.05) is 0 Å². The maximum atomic E-state index is 12.4. The second kappa shape index (κ2) is 5.56. The number of carbonyl (C=O) groups excluding carboxylic acids is 1. The summed E-state index contributed by atoms with van der Waals surface area (Å²) < 4.78 is 26.6. The van der Waals surface area contributed by atoms with Crippen LogP contribution in [0.5, 0.6) is 0 Å². The van der Waals surface area contributed by atoms with Gasteiger partial charge in [-0.1, -0.05) is 44.2 Å². The number of hydrogen-bond donors (Lipinski definition) is 1. The molecule has 4 nitrogen and oxygen atoms in total. The van der Waals surface area contributed by atoms with E-state index in [1.54, 1.807) is 0 Å². The third-order valence-electron chi connectivity index (χ3n) is 4.10. The Kier molecular flexibility index (Phi) is 4.18. The van der Waals surface area contributed by atoms with Crippen molar-refractivity contribution >= 4 is 15.9 Å². The molecule has 0 aliphatic heterocycles. The van der Waals surface area contributed by atoms with Crippen LogP contribution in [0.1, 0.15) is 45.1 Å². The molecule has 0 spiro atoms. The molecule has 0 aromatic heterocycles. The maximum Gasteiger partial charge on any atom is 0.244 e. The van der Waals surface area contributed by atoms with Crippen LogP contribution < -0.4 is 4.72 Å². The van der Waals surface area contributed by atoms with Gasteiger partial charge in [-0.25, -0.2) is 8.42 Å². The first kappa shape index (κ1) is 15.0. The van der Waals surface area contributed by atoms with Gasteiger partial charge in [0.15, 0.2) is 0 Å². The third-order valence-corrected chi connectivity index (χ3v) is 6.11. The van der Waals surface area contributed by atoms with Gasteiger partial charge in [0.05, 0.1) is 10.7 Å². The summed E-state index contributed by atoms with van der Waals surface area (Å²) >= 11 is 0. The fourth-order valence-corrected chi connectivity index (χ4v) is 4.06. The van der Waals surface area contributed by atoms with E-state index in [-0.39, 0.29) is 5.91 Å². The predicted molar refractivity (Wildman–Crippen MR) is 78.8 cm³/mol. The minimum Gasteiger partial charge on any atom is -0.273 e. The highest BCUT2D eigenvalue weighted by Crippen LogP contribution is 2.48. The lowest BCUT2D eigenvalue weighted by molar-refractivity contribution is -0.121. The molecule has 20 heavy (non-hydrogen) atoms. The molecular weight excluding hydrogens is 274 g/mol. The van der Waals surface area contributed by atoms with Crippen molar-refractivity contribution in [2.75, 3.05) is 0 Å². The molecule has 1 aliphatic rings. The molecule has 110 valence electrons. The van der Waals surface area contributed by atoms with Crippen molar-refractivity contribution in [1.82, 2.24) is 4.72 Å². The van der Waals surface area contributed by atoms with Gasteiger partial charge >= 0.3 is 0 Å². The standard InChI is InChI=1S/C15H21NO3S/c1-3-13(4-2)20(18,19)16-14(17)15(10-11-15)12-8-6-5-7-9-12/h5-9,13H,3-4,10-11H2,1-2H3,(H,16,17). The molecule has 1 aliphatic carbocycles. The first-order valence-electron chi connectivity index (χ1n) is 7.08. The highest BCUT2D eigenvalue weighted by atomic mass is 32.2. The maximum absolute atomic E-state index is 12.4. The Morgan fingerprint density at radius 3 is 2.20 bits per heavy atom. The Bertz CT molecular complexity index is 572. The van der Waals surface area contributed by atoms with E-state index in [1.165, 1.54) is 0 Å². The first-order chi connectivity index (χ1) is 9.46. The van der Waals surface area contributed by atoms with Gasteiger partial charge in [-0.2, -0.15) is 0 Å². The van der Waals surface area contributed by atoms with Gasteiger partial charge in [0.1, 0.15) is 0 Å². The number of sulfonamides is 1. The first-order valence-corrected chi connectivity index (χ1v) is 8.62. The summed E-state index contributed by atoms with van der Waals surface area (Å²) in [6.07, 6.45) is 2.44. The topological polar surface area (TPSA) is 63.2 Å². The summed E-state index contributed by atoms with van der Waals surface area (Å²) in [4.78, 5) is 12.4. The largest absolute Gasteiger partial charge is 0.273 e. The molecule has 2 rings (SSSR count). The molecule has 5 heteroatoms. The van der Waals surface area contributed by atoms with Gasteiger partial charge in [-0.15, -0.1) is 0 Å². The second-order valence-corrected chi connectivity index (χ2v) is 7.32. The van der Waals surface area contributed by atoms with E-state index in [9.17, 15) is 13.2 Å². The second-order valence-electron chi connectivity index (χ2n) is 5.36. The highest BCUT2D eigenvalue weighted by Gasteiger charge is 2.52. The van der Waals surface area contributed by atoms with E-state index in [0.29, 0.717) is 25.7 Å². The molecule has 0 bridgehead atoms. The van der Waals surface area contributed by atoms with Crippen LogP contribution in [-0.4, -0.2) is 19.6 Å². The van der Waals surface area contributed by atoms with E-state index in [0.717, 1.165) is 5.56 Å². The van der Waals surface area contributed by atoms with E-state index >= 15 is 0 Å². The number of hydrogen-bond acceptors (Lipinski definition) is 3. The summed E-state index contributed by atoms with van der Waals surface area (Å²) in [5.74, 6) is -0.379. The van der Waals surface area contributed by atoms with E-state index in [1.807, 2.05) is 44.2 Å². The fraction of sp³-hybridized carbons (Fsp3) is 0.533. The van der Waals surface area contributed by atoms with E-state index in [4.69, 9.17) is 0 Å². The molecule has 0 unspecified atom stereocenters. The Morgan fingerprint density at radius 1 is 1.20 bits per heavy atom. The van der Waals surface area contributed by atoms with Gasteiger partial charge in [-0.05, 0) is 31.2 Å². The van der Waals surface area contributed by atoms with Crippen LogP contribution in [0.3, 0.4) is 0 Å². The number of nitrogens with one attached hydrogen (secondary N) is 1. The van der Waals surface area contributed by atoms with Crippen LogP contribution in [0, 0.1) is 0 Å². The molecule has 0 atom stereocenters. The molecule has 1 fully saturated rings. The average Bonchev–Trinajstić information content (AvgIpc) is 3.21. The zero-order valence-corrected chi connectivity index (χ0v) is 12.7.